The molecule has 0 spiro atoms. The van der Waals surface area contributed by atoms with Crippen molar-refractivity contribution in [3.05, 3.63) is 29.8 Å². The van der Waals surface area contributed by atoms with Gasteiger partial charge in [-0.1, -0.05) is 38.3 Å². The molecule has 0 fully saturated rings. The molecule has 0 aliphatic heterocycles. The smallest absolute Gasteiger partial charge is 0.387 e. The predicted octanol–water partition coefficient (Wildman–Crippen LogP) is 4.31. The number of unbranched alkanes of at least 4 members (excludes halogenated alkanes) is 2. The van der Waals surface area contributed by atoms with Crippen LogP contribution in [0.1, 0.15) is 51.5 Å². The second kappa shape index (κ2) is 10.1. The van der Waals surface area contributed by atoms with Crippen LogP contribution in [0.2, 0.25) is 0 Å². The van der Waals surface area contributed by atoms with Crippen LogP contribution in [0.5, 0.6) is 5.75 Å². The number of carbonyl (C=O) groups excluding carboxylic acids is 1. The molecule has 3 nitrogen and oxygen atoms in total. The zero-order chi connectivity index (χ0) is 16.4. The minimum absolute atomic E-state index is 0.0249. The Bertz CT molecular complexity index is 435. The maximum Gasteiger partial charge on any atom is 0.387 e. The molecule has 22 heavy (non-hydrogen) atoms. The van der Waals surface area contributed by atoms with Crippen molar-refractivity contribution < 1.29 is 18.3 Å². The van der Waals surface area contributed by atoms with Gasteiger partial charge in [0.15, 0.2) is 0 Å². The summed E-state index contributed by atoms with van der Waals surface area (Å²) >= 11 is 0. The number of rotatable bonds is 10. The van der Waals surface area contributed by atoms with Crippen molar-refractivity contribution in [2.75, 3.05) is 0 Å². The van der Waals surface area contributed by atoms with Gasteiger partial charge >= 0.3 is 6.61 Å². The number of carbonyl (C=O) groups is 1. The molecular formula is C17H25F2NO2. The van der Waals surface area contributed by atoms with Crippen LogP contribution in [-0.4, -0.2) is 18.6 Å². The van der Waals surface area contributed by atoms with E-state index in [-0.39, 0.29) is 17.7 Å². The van der Waals surface area contributed by atoms with E-state index < -0.39 is 6.61 Å². The van der Waals surface area contributed by atoms with E-state index in [0.29, 0.717) is 12.8 Å². The van der Waals surface area contributed by atoms with Gasteiger partial charge < -0.3 is 10.1 Å². The summed E-state index contributed by atoms with van der Waals surface area (Å²) in [7, 11) is 0. The Kier molecular flexibility index (Phi) is 8.48. The largest absolute Gasteiger partial charge is 0.435 e. The van der Waals surface area contributed by atoms with Gasteiger partial charge in [-0.2, -0.15) is 8.78 Å². The number of ether oxygens (including phenoxy) is 1. The average molecular weight is 313 g/mol. The molecule has 0 saturated heterocycles. The standard InChI is InChI=1S/C17H25F2NO2/c1-3-4-5-6-13(2)20-16(21)12-9-14-7-10-15(11-8-14)22-17(18)19/h7-8,10-11,13,17H,3-6,9,12H2,1-2H3,(H,20,21). The van der Waals surface area contributed by atoms with E-state index in [1.165, 1.54) is 25.0 Å². The molecule has 0 aliphatic carbocycles. The molecule has 1 unspecified atom stereocenters. The van der Waals surface area contributed by atoms with Crippen LogP contribution in [0.4, 0.5) is 8.78 Å². The molecule has 0 bridgehead atoms. The van der Waals surface area contributed by atoms with Gasteiger partial charge in [0, 0.05) is 12.5 Å². The maximum absolute atomic E-state index is 12.0. The normalized spacial score (nSPS) is 12.2. The van der Waals surface area contributed by atoms with Gasteiger partial charge in [0.2, 0.25) is 5.91 Å². The van der Waals surface area contributed by atoms with Crippen LogP contribution in [-0.2, 0) is 11.2 Å². The van der Waals surface area contributed by atoms with Crippen LogP contribution < -0.4 is 10.1 Å². The molecule has 1 aromatic rings. The number of benzene rings is 1. The van der Waals surface area contributed by atoms with Gasteiger partial charge in [-0.3, -0.25) is 4.79 Å². The lowest BCUT2D eigenvalue weighted by molar-refractivity contribution is -0.121. The van der Waals surface area contributed by atoms with Gasteiger partial charge in [-0.05, 0) is 37.5 Å². The van der Waals surface area contributed by atoms with E-state index >= 15 is 0 Å². The molecule has 0 heterocycles. The van der Waals surface area contributed by atoms with Crippen molar-refractivity contribution in [3.8, 4) is 5.75 Å². The van der Waals surface area contributed by atoms with E-state index in [9.17, 15) is 13.6 Å². The number of nitrogens with one attached hydrogen (secondary N) is 1. The summed E-state index contributed by atoms with van der Waals surface area (Å²) in [6.45, 7) is 1.36. The Morgan fingerprint density at radius 1 is 1.23 bits per heavy atom. The third-order valence-corrected chi connectivity index (χ3v) is 3.44. The molecule has 0 aromatic heterocycles. The minimum Gasteiger partial charge on any atom is -0.435 e. The highest BCUT2D eigenvalue weighted by molar-refractivity contribution is 5.76. The minimum atomic E-state index is -2.81. The van der Waals surface area contributed by atoms with Gasteiger partial charge in [-0.25, -0.2) is 0 Å². The van der Waals surface area contributed by atoms with Crippen molar-refractivity contribution in [1.82, 2.24) is 5.32 Å². The molecular weight excluding hydrogens is 288 g/mol. The van der Waals surface area contributed by atoms with Crippen LogP contribution in [0.3, 0.4) is 0 Å². The molecule has 124 valence electrons. The Morgan fingerprint density at radius 2 is 1.91 bits per heavy atom. The third kappa shape index (κ3) is 7.96. The number of hydrogen-bond donors (Lipinski definition) is 1. The molecule has 5 heteroatoms. The van der Waals surface area contributed by atoms with Gasteiger partial charge in [-0.15, -0.1) is 0 Å². The molecule has 1 rings (SSSR count). The summed E-state index contributed by atoms with van der Waals surface area (Å²) in [5, 5.41) is 2.98. The summed E-state index contributed by atoms with van der Waals surface area (Å²) in [6.07, 6.45) is 5.47. The van der Waals surface area contributed by atoms with E-state index in [2.05, 4.69) is 17.0 Å². The molecule has 1 atom stereocenters. The lowest BCUT2D eigenvalue weighted by Gasteiger charge is -2.13. The number of amides is 1. The fraction of sp³-hybridized carbons (Fsp3) is 0.588. The van der Waals surface area contributed by atoms with Gasteiger partial charge in [0.1, 0.15) is 5.75 Å². The van der Waals surface area contributed by atoms with Crippen LogP contribution in [0.25, 0.3) is 0 Å². The zero-order valence-electron chi connectivity index (χ0n) is 13.3. The second-order valence-electron chi connectivity index (χ2n) is 5.49. The van der Waals surface area contributed by atoms with Crippen molar-refractivity contribution in [2.45, 2.75) is 65.0 Å². The monoisotopic (exact) mass is 313 g/mol. The van der Waals surface area contributed by atoms with Crippen LogP contribution >= 0.6 is 0 Å². The molecule has 0 saturated carbocycles. The Morgan fingerprint density at radius 3 is 2.50 bits per heavy atom. The summed E-state index contributed by atoms with van der Waals surface area (Å²) in [4.78, 5) is 11.8. The number of alkyl halides is 2. The molecule has 1 aromatic carbocycles. The van der Waals surface area contributed by atoms with E-state index in [1.54, 1.807) is 12.1 Å². The van der Waals surface area contributed by atoms with E-state index in [0.717, 1.165) is 18.4 Å². The molecule has 0 aliphatic rings. The zero-order valence-corrected chi connectivity index (χ0v) is 13.3. The Labute approximate surface area is 131 Å². The molecule has 1 N–H and O–H groups in total. The van der Waals surface area contributed by atoms with Crippen LogP contribution in [0, 0.1) is 0 Å². The summed E-state index contributed by atoms with van der Waals surface area (Å²) < 4.78 is 28.3. The van der Waals surface area contributed by atoms with Crippen molar-refractivity contribution in [2.24, 2.45) is 0 Å². The number of aryl methyl sites for hydroxylation is 1. The summed E-state index contributed by atoms with van der Waals surface area (Å²) in [5.74, 6) is 0.157. The SMILES string of the molecule is CCCCCC(C)NC(=O)CCc1ccc(OC(F)F)cc1. The second-order valence-corrected chi connectivity index (χ2v) is 5.49. The molecule has 0 radical (unpaired) electrons. The van der Waals surface area contributed by atoms with Crippen molar-refractivity contribution >= 4 is 5.91 Å². The first kappa shape index (κ1) is 18.4. The fourth-order valence-corrected chi connectivity index (χ4v) is 2.22. The van der Waals surface area contributed by atoms with Gasteiger partial charge in [0.05, 0.1) is 0 Å². The Balaban J connectivity index is 2.28. The number of hydrogen-bond acceptors (Lipinski definition) is 2. The number of halogens is 2. The quantitative estimate of drug-likeness (QED) is 0.654. The first-order valence-corrected chi connectivity index (χ1v) is 7.84. The van der Waals surface area contributed by atoms with Crippen molar-refractivity contribution in [1.29, 1.82) is 0 Å². The summed E-state index contributed by atoms with van der Waals surface area (Å²) in [6, 6.07) is 6.59. The molecule has 1 amide bonds. The maximum atomic E-state index is 12.0. The highest BCUT2D eigenvalue weighted by atomic mass is 19.3. The van der Waals surface area contributed by atoms with Crippen LogP contribution in [0.15, 0.2) is 24.3 Å². The Hall–Kier alpha value is -1.65. The first-order chi connectivity index (χ1) is 10.5. The van der Waals surface area contributed by atoms with E-state index in [1.807, 2.05) is 6.92 Å². The fourth-order valence-electron chi connectivity index (χ4n) is 2.22. The first-order valence-electron chi connectivity index (χ1n) is 7.84. The predicted molar refractivity (Wildman–Crippen MR) is 83.1 cm³/mol. The summed E-state index contributed by atoms with van der Waals surface area (Å²) in [5.41, 5.74) is 0.926. The van der Waals surface area contributed by atoms with E-state index in [4.69, 9.17) is 0 Å². The average Bonchev–Trinajstić information content (AvgIpc) is 2.46. The highest BCUT2D eigenvalue weighted by Crippen LogP contribution is 2.15. The highest BCUT2D eigenvalue weighted by Gasteiger charge is 2.08. The lowest BCUT2D eigenvalue weighted by Crippen LogP contribution is -2.32. The third-order valence-electron chi connectivity index (χ3n) is 3.44. The van der Waals surface area contributed by atoms with Gasteiger partial charge in [0.25, 0.3) is 0 Å². The van der Waals surface area contributed by atoms with Crippen molar-refractivity contribution in [3.63, 3.8) is 0 Å². The lowest BCUT2D eigenvalue weighted by atomic mass is 10.1. The topological polar surface area (TPSA) is 38.3 Å².